The molecular formula is C17H14N2O2. The van der Waals surface area contributed by atoms with Crippen LogP contribution in [0.2, 0.25) is 0 Å². The van der Waals surface area contributed by atoms with Crippen LogP contribution >= 0.6 is 0 Å². The van der Waals surface area contributed by atoms with E-state index in [-0.39, 0.29) is 12.6 Å². The van der Waals surface area contributed by atoms with Gasteiger partial charge in [0.05, 0.1) is 5.69 Å². The highest BCUT2D eigenvalue weighted by molar-refractivity contribution is 5.94. The zero-order chi connectivity index (χ0) is 14.5. The van der Waals surface area contributed by atoms with Crippen LogP contribution in [-0.2, 0) is 11.3 Å². The second kappa shape index (κ2) is 6.05. The molecule has 21 heavy (non-hydrogen) atoms. The number of pyridine rings is 1. The Labute approximate surface area is 122 Å². The van der Waals surface area contributed by atoms with Crippen LogP contribution in [0.25, 0.3) is 11.3 Å². The normalized spacial score (nSPS) is 10.3. The van der Waals surface area contributed by atoms with E-state index in [4.69, 9.17) is 4.74 Å². The second-order valence-electron chi connectivity index (χ2n) is 4.54. The van der Waals surface area contributed by atoms with Gasteiger partial charge >= 0.3 is 5.97 Å². The lowest BCUT2D eigenvalue weighted by Crippen LogP contribution is -2.07. The fourth-order valence-electron chi connectivity index (χ4n) is 2.07. The summed E-state index contributed by atoms with van der Waals surface area (Å²) in [6, 6.07) is 17.0. The fourth-order valence-corrected chi connectivity index (χ4v) is 2.07. The quantitative estimate of drug-likeness (QED) is 0.744. The molecule has 0 spiro atoms. The molecule has 0 saturated carbocycles. The van der Waals surface area contributed by atoms with E-state index in [1.54, 1.807) is 12.4 Å². The summed E-state index contributed by atoms with van der Waals surface area (Å²) in [5, 5.41) is 0. The van der Waals surface area contributed by atoms with E-state index in [2.05, 4.69) is 9.97 Å². The van der Waals surface area contributed by atoms with Crippen molar-refractivity contribution in [2.45, 2.75) is 6.61 Å². The highest BCUT2D eigenvalue weighted by Crippen LogP contribution is 2.21. The molecule has 0 aliphatic rings. The van der Waals surface area contributed by atoms with Crippen molar-refractivity contribution in [2.24, 2.45) is 0 Å². The predicted octanol–water partition coefficient (Wildman–Crippen LogP) is 3.43. The minimum Gasteiger partial charge on any atom is -0.456 e. The maximum atomic E-state index is 12.2. The minimum absolute atomic E-state index is 0.250. The lowest BCUT2D eigenvalue weighted by atomic mass is 10.1. The molecule has 3 aromatic rings. The Hall–Kier alpha value is -2.88. The fraction of sp³-hybridized carbons (Fsp3) is 0.0588. The van der Waals surface area contributed by atoms with Gasteiger partial charge in [-0.25, -0.2) is 4.79 Å². The molecule has 0 atom stereocenters. The first-order valence-electron chi connectivity index (χ1n) is 6.64. The van der Waals surface area contributed by atoms with E-state index in [9.17, 15) is 4.79 Å². The molecule has 104 valence electrons. The lowest BCUT2D eigenvalue weighted by molar-refractivity contribution is 0.0467. The van der Waals surface area contributed by atoms with E-state index >= 15 is 0 Å². The molecule has 0 radical (unpaired) electrons. The standard InChI is InChI=1S/C17H14N2O2/c20-17(21-12-13-6-2-1-3-7-13)16-14(9-11-19-16)15-8-4-5-10-18-15/h1-11,19H,12H2. The van der Waals surface area contributed by atoms with Crippen LogP contribution in [0.4, 0.5) is 0 Å². The third kappa shape index (κ3) is 3.00. The number of hydrogen-bond acceptors (Lipinski definition) is 3. The SMILES string of the molecule is O=C(OCc1ccccc1)c1[nH]ccc1-c1ccccn1. The van der Waals surface area contributed by atoms with E-state index in [0.717, 1.165) is 16.8 Å². The van der Waals surface area contributed by atoms with E-state index in [1.165, 1.54) is 0 Å². The summed E-state index contributed by atoms with van der Waals surface area (Å²) in [6.45, 7) is 0.250. The van der Waals surface area contributed by atoms with Crippen LogP contribution in [0.1, 0.15) is 16.1 Å². The van der Waals surface area contributed by atoms with Gasteiger partial charge in [-0.1, -0.05) is 36.4 Å². The molecule has 4 nitrogen and oxygen atoms in total. The summed E-state index contributed by atoms with van der Waals surface area (Å²) in [4.78, 5) is 19.4. The molecule has 3 rings (SSSR count). The second-order valence-corrected chi connectivity index (χ2v) is 4.54. The van der Waals surface area contributed by atoms with Crippen LogP contribution < -0.4 is 0 Å². The largest absolute Gasteiger partial charge is 0.456 e. The average molecular weight is 278 g/mol. The number of esters is 1. The highest BCUT2D eigenvalue weighted by atomic mass is 16.5. The Morgan fingerprint density at radius 3 is 2.62 bits per heavy atom. The minimum atomic E-state index is -0.385. The van der Waals surface area contributed by atoms with Gasteiger partial charge in [0.2, 0.25) is 0 Å². The molecule has 0 aliphatic heterocycles. The Morgan fingerprint density at radius 1 is 1.05 bits per heavy atom. The molecule has 4 heteroatoms. The first-order chi connectivity index (χ1) is 10.3. The summed E-state index contributed by atoms with van der Waals surface area (Å²) < 4.78 is 5.34. The van der Waals surface area contributed by atoms with Crippen molar-refractivity contribution in [3.8, 4) is 11.3 Å². The topological polar surface area (TPSA) is 55.0 Å². The van der Waals surface area contributed by atoms with Gasteiger partial charge in [-0.15, -0.1) is 0 Å². The zero-order valence-electron chi connectivity index (χ0n) is 11.3. The molecule has 0 unspecified atom stereocenters. The lowest BCUT2D eigenvalue weighted by Gasteiger charge is -2.06. The van der Waals surface area contributed by atoms with Crippen LogP contribution in [0.15, 0.2) is 67.0 Å². The van der Waals surface area contributed by atoms with Gasteiger partial charge in [0.15, 0.2) is 0 Å². The maximum Gasteiger partial charge on any atom is 0.355 e. The highest BCUT2D eigenvalue weighted by Gasteiger charge is 2.16. The van der Waals surface area contributed by atoms with Crippen molar-refractivity contribution in [3.05, 3.63) is 78.2 Å². The monoisotopic (exact) mass is 278 g/mol. The van der Waals surface area contributed by atoms with Crippen molar-refractivity contribution < 1.29 is 9.53 Å². The molecule has 0 saturated heterocycles. The summed E-state index contributed by atoms with van der Waals surface area (Å²) in [5.41, 5.74) is 2.86. The molecular weight excluding hydrogens is 264 g/mol. The third-order valence-corrected chi connectivity index (χ3v) is 3.10. The first kappa shape index (κ1) is 13.1. The number of nitrogens with one attached hydrogen (secondary N) is 1. The number of rotatable bonds is 4. The van der Waals surface area contributed by atoms with E-state index in [0.29, 0.717) is 5.69 Å². The van der Waals surface area contributed by atoms with Crippen molar-refractivity contribution in [1.29, 1.82) is 0 Å². The van der Waals surface area contributed by atoms with Gasteiger partial charge < -0.3 is 9.72 Å². The van der Waals surface area contributed by atoms with Gasteiger partial charge in [-0.05, 0) is 23.8 Å². The zero-order valence-corrected chi connectivity index (χ0v) is 11.3. The summed E-state index contributed by atoms with van der Waals surface area (Å²) in [7, 11) is 0. The van der Waals surface area contributed by atoms with Crippen molar-refractivity contribution >= 4 is 5.97 Å². The van der Waals surface area contributed by atoms with Gasteiger partial charge in [-0.2, -0.15) is 0 Å². The molecule has 2 aromatic heterocycles. The summed E-state index contributed by atoms with van der Waals surface area (Å²) in [6.07, 6.45) is 3.41. The molecule has 1 N–H and O–H groups in total. The number of aromatic nitrogens is 2. The number of benzene rings is 1. The van der Waals surface area contributed by atoms with Gasteiger partial charge in [0.25, 0.3) is 0 Å². The molecule has 1 aromatic carbocycles. The van der Waals surface area contributed by atoms with Crippen LogP contribution in [0.3, 0.4) is 0 Å². The van der Waals surface area contributed by atoms with Crippen molar-refractivity contribution in [2.75, 3.05) is 0 Å². The van der Waals surface area contributed by atoms with Gasteiger partial charge in [0.1, 0.15) is 12.3 Å². The number of aromatic amines is 1. The van der Waals surface area contributed by atoms with Crippen LogP contribution in [0.5, 0.6) is 0 Å². The molecule has 0 bridgehead atoms. The number of carbonyl (C=O) groups excluding carboxylic acids is 1. The first-order valence-corrected chi connectivity index (χ1v) is 6.64. The Balaban J connectivity index is 1.76. The van der Waals surface area contributed by atoms with Crippen LogP contribution in [0, 0.1) is 0 Å². The maximum absolute atomic E-state index is 12.2. The Kier molecular flexibility index (Phi) is 3.78. The molecule has 0 aliphatic carbocycles. The van der Waals surface area contributed by atoms with E-state index in [1.807, 2.05) is 54.6 Å². The average Bonchev–Trinajstić information content (AvgIpc) is 3.04. The number of nitrogens with zero attached hydrogens (tertiary/aromatic N) is 1. The van der Waals surface area contributed by atoms with Crippen LogP contribution in [-0.4, -0.2) is 15.9 Å². The molecule has 2 heterocycles. The smallest absolute Gasteiger partial charge is 0.355 e. The molecule has 0 amide bonds. The summed E-state index contributed by atoms with van der Waals surface area (Å²) >= 11 is 0. The van der Waals surface area contributed by atoms with Crippen molar-refractivity contribution in [3.63, 3.8) is 0 Å². The number of ether oxygens (including phenoxy) is 1. The number of hydrogen-bond donors (Lipinski definition) is 1. The summed E-state index contributed by atoms with van der Waals surface area (Å²) in [5.74, 6) is -0.385. The van der Waals surface area contributed by atoms with Gasteiger partial charge in [0, 0.05) is 18.0 Å². The van der Waals surface area contributed by atoms with Gasteiger partial charge in [-0.3, -0.25) is 4.98 Å². The van der Waals surface area contributed by atoms with Crippen molar-refractivity contribution in [1.82, 2.24) is 9.97 Å². The van der Waals surface area contributed by atoms with E-state index < -0.39 is 0 Å². The number of carbonyl (C=O) groups is 1. The Morgan fingerprint density at radius 2 is 1.86 bits per heavy atom. The molecule has 0 fully saturated rings. The Bertz CT molecular complexity index is 721. The predicted molar refractivity (Wildman–Crippen MR) is 79.6 cm³/mol. The third-order valence-electron chi connectivity index (χ3n) is 3.10. The number of H-pyrrole nitrogens is 1.